The molecule has 0 saturated heterocycles. The van der Waals surface area contributed by atoms with Crippen molar-refractivity contribution in [1.29, 1.82) is 0 Å². The Labute approximate surface area is 129 Å². The number of aromatic nitrogens is 1. The van der Waals surface area contributed by atoms with Crippen molar-refractivity contribution in [3.05, 3.63) is 29.6 Å². The van der Waals surface area contributed by atoms with Crippen molar-refractivity contribution in [2.45, 2.75) is 39.0 Å². The largest absolute Gasteiger partial charge is 0.399 e. The molecule has 0 bridgehead atoms. The van der Waals surface area contributed by atoms with E-state index < -0.39 is 0 Å². The van der Waals surface area contributed by atoms with Crippen LogP contribution in [0.25, 0.3) is 11.3 Å². The van der Waals surface area contributed by atoms with Crippen LogP contribution >= 0.6 is 11.3 Å². The quantitative estimate of drug-likeness (QED) is 0.592. The van der Waals surface area contributed by atoms with Crippen molar-refractivity contribution in [3.8, 4) is 11.3 Å². The number of benzene rings is 1. The van der Waals surface area contributed by atoms with Crippen LogP contribution in [0.3, 0.4) is 0 Å². The van der Waals surface area contributed by atoms with Crippen LogP contribution in [0, 0.1) is 0 Å². The lowest BCUT2D eigenvalue weighted by Crippen LogP contribution is -2.10. The molecule has 1 amide bonds. The number of nitrogen functional groups attached to an aromatic ring is 1. The van der Waals surface area contributed by atoms with Gasteiger partial charge in [0, 0.05) is 23.1 Å². The van der Waals surface area contributed by atoms with Gasteiger partial charge in [0.15, 0.2) is 5.13 Å². The van der Waals surface area contributed by atoms with E-state index in [0.717, 1.165) is 29.8 Å². The molecule has 0 radical (unpaired) electrons. The number of anilines is 2. The number of hydrogen-bond donors (Lipinski definition) is 2. The lowest BCUT2D eigenvalue weighted by Gasteiger charge is -2.01. The lowest BCUT2D eigenvalue weighted by atomic mass is 10.1. The Hall–Kier alpha value is -1.88. The highest BCUT2D eigenvalue weighted by Crippen LogP contribution is 2.25. The van der Waals surface area contributed by atoms with Gasteiger partial charge in [-0.3, -0.25) is 4.79 Å². The van der Waals surface area contributed by atoms with Crippen LogP contribution < -0.4 is 11.1 Å². The number of nitrogens with one attached hydrogen (secondary N) is 1. The first-order valence-corrected chi connectivity index (χ1v) is 8.18. The Bertz CT molecular complexity index is 577. The Morgan fingerprint density at radius 3 is 2.71 bits per heavy atom. The fraction of sp³-hybridized carbons (Fsp3) is 0.375. The van der Waals surface area contributed by atoms with E-state index in [9.17, 15) is 4.79 Å². The summed E-state index contributed by atoms with van der Waals surface area (Å²) >= 11 is 1.45. The summed E-state index contributed by atoms with van der Waals surface area (Å²) in [5.74, 6) is 0.0457. The van der Waals surface area contributed by atoms with Crippen LogP contribution in [-0.4, -0.2) is 10.9 Å². The third-order valence-electron chi connectivity index (χ3n) is 3.21. The van der Waals surface area contributed by atoms with Crippen LogP contribution in [0.5, 0.6) is 0 Å². The molecule has 0 aliphatic rings. The zero-order valence-corrected chi connectivity index (χ0v) is 13.1. The summed E-state index contributed by atoms with van der Waals surface area (Å²) in [6.07, 6.45) is 4.98. The van der Waals surface area contributed by atoms with Crippen molar-refractivity contribution in [1.82, 2.24) is 4.98 Å². The van der Waals surface area contributed by atoms with Crippen molar-refractivity contribution >= 4 is 28.1 Å². The van der Waals surface area contributed by atoms with Gasteiger partial charge in [0.2, 0.25) is 5.91 Å². The molecule has 2 aromatic rings. The first-order valence-electron chi connectivity index (χ1n) is 7.30. The first-order chi connectivity index (χ1) is 10.2. The highest BCUT2D eigenvalue weighted by molar-refractivity contribution is 7.14. The molecule has 1 aromatic heterocycles. The van der Waals surface area contributed by atoms with E-state index in [2.05, 4.69) is 17.2 Å². The van der Waals surface area contributed by atoms with Crippen LogP contribution in [0.2, 0.25) is 0 Å². The average molecular weight is 303 g/mol. The number of carbonyl (C=O) groups excluding carboxylic acids is 1. The molecule has 0 fully saturated rings. The van der Waals surface area contributed by atoms with Gasteiger partial charge in [-0.1, -0.05) is 38.3 Å². The smallest absolute Gasteiger partial charge is 0.226 e. The van der Waals surface area contributed by atoms with E-state index in [1.165, 1.54) is 24.2 Å². The van der Waals surface area contributed by atoms with Crippen LogP contribution in [-0.2, 0) is 4.79 Å². The fourth-order valence-corrected chi connectivity index (χ4v) is 2.75. The van der Waals surface area contributed by atoms with Crippen LogP contribution in [0.15, 0.2) is 29.6 Å². The minimum atomic E-state index is 0.0457. The van der Waals surface area contributed by atoms with Crippen molar-refractivity contribution in [2.75, 3.05) is 11.1 Å². The monoisotopic (exact) mass is 303 g/mol. The highest BCUT2D eigenvalue weighted by Gasteiger charge is 2.07. The Balaban J connectivity index is 1.88. The van der Waals surface area contributed by atoms with Crippen molar-refractivity contribution in [2.24, 2.45) is 0 Å². The summed E-state index contributed by atoms with van der Waals surface area (Å²) in [7, 11) is 0. The van der Waals surface area contributed by atoms with E-state index in [4.69, 9.17) is 5.73 Å². The number of carbonyl (C=O) groups is 1. The summed E-state index contributed by atoms with van der Waals surface area (Å²) in [6.45, 7) is 2.16. The number of hydrogen-bond acceptors (Lipinski definition) is 4. The first kappa shape index (κ1) is 15.5. The molecule has 5 heteroatoms. The van der Waals surface area contributed by atoms with Gasteiger partial charge < -0.3 is 11.1 Å². The van der Waals surface area contributed by atoms with Gasteiger partial charge in [0.25, 0.3) is 0 Å². The summed E-state index contributed by atoms with van der Waals surface area (Å²) in [5.41, 5.74) is 8.27. The van der Waals surface area contributed by atoms with Gasteiger partial charge in [-0.05, 0) is 18.6 Å². The molecular weight excluding hydrogens is 282 g/mol. The third kappa shape index (κ3) is 4.86. The molecule has 0 unspecified atom stereocenters. The maximum absolute atomic E-state index is 11.8. The van der Waals surface area contributed by atoms with Crippen LogP contribution in [0.1, 0.15) is 39.0 Å². The Morgan fingerprint density at radius 2 is 2.00 bits per heavy atom. The minimum absolute atomic E-state index is 0.0457. The molecule has 3 N–H and O–H groups in total. The van der Waals surface area contributed by atoms with E-state index in [-0.39, 0.29) is 5.91 Å². The molecule has 1 aromatic carbocycles. The SMILES string of the molecule is CCCCCCC(=O)Nc1nc(-c2ccc(N)cc2)cs1. The second-order valence-electron chi connectivity index (χ2n) is 5.02. The fourth-order valence-electron chi connectivity index (χ4n) is 2.01. The molecule has 21 heavy (non-hydrogen) atoms. The predicted octanol–water partition coefficient (Wildman–Crippen LogP) is 4.30. The van der Waals surface area contributed by atoms with Gasteiger partial charge in [-0.2, -0.15) is 0 Å². The Kier molecular flexibility index (Phi) is 5.75. The molecule has 0 saturated carbocycles. The normalized spacial score (nSPS) is 10.5. The summed E-state index contributed by atoms with van der Waals surface area (Å²) in [4.78, 5) is 16.2. The topological polar surface area (TPSA) is 68.0 Å². The maximum Gasteiger partial charge on any atom is 0.226 e. The van der Waals surface area contributed by atoms with Crippen molar-refractivity contribution < 1.29 is 4.79 Å². The lowest BCUT2D eigenvalue weighted by molar-refractivity contribution is -0.116. The third-order valence-corrected chi connectivity index (χ3v) is 3.97. The van der Waals surface area contributed by atoms with E-state index in [0.29, 0.717) is 11.6 Å². The van der Waals surface area contributed by atoms with E-state index in [1.54, 1.807) is 0 Å². The van der Waals surface area contributed by atoms with Gasteiger partial charge in [0.1, 0.15) is 0 Å². The van der Waals surface area contributed by atoms with Crippen molar-refractivity contribution in [3.63, 3.8) is 0 Å². The molecule has 0 atom stereocenters. The number of amides is 1. The zero-order chi connectivity index (χ0) is 15.1. The molecule has 0 aliphatic heterocycles. The summed E-state index contributed by atoms with van der Waals surface area (Å²) in [6, 6.07) is 7.56. The van der Waals surface area contributed by atoms with Gasteiger partial charge in [-0.15, -0.1) is 11.3 Å². The number of unbranched alkanes of at least 4 members (excludes halogenated alkanes) is 3. The van der Waals surface area contributed by atoms with Gasteiger partial charge in [-0.25, -0.2) is 4.98 Å². The summed E-state index contributed by atoms with van der Waals surface area (Å²) < 4.78 is 0. The zero-order valence-electron chi connectivity index (χ0n) is 12.3. The summed E-state index contributed by atoms with van der Waals surface area (Å²) in [5, 5.41) is 5.46. The predicted molar refractivity (Wildman–Crippen MR) is 89.4 cm³/mol. The number of thiazole rings is 1. The van der Waals surface area contributed by atoms with Gasteiger partial charge in [0.05, 0.1) is 5.69 Å². The number of nitrogens with zero attached hydrogens (tertiary/aromatic N) is 1. The molecule has 0 aliphatic carbocycles. The molecule has 2 rings (SSSR count). The molecule has 0 spiro atoms. The maximum atomic E-state index is 11.8. The average Bonchev–Trinajstić information content (AvgIpc) is 2.93. The molecule has 112 valence electrons. The number of rotatable bonds is 7. The Morgan fingerprint density at radius 1 is 1.24 bits per heavy atom. The highest BCUT2D eigenvalue weighted by atomic mass is 32.1. The minimum Gasteiger partial charge on any atom is -0.399 e. The second-order valence-corrected chi connectivity index (χ2v) is 5.88. The standard InChI is InChI=1S/C16H21N3OS/c1-2-3-4-5-6-15(20)19-16-18-14(11-21-16)12-7-9-13(17)10-8-12/h7-11H,2-6,17H2,1H3,(H,18,19,20). The van der Waals surface area contributed by atoms with Gasteiger partial charge >= 0.3 is 0 Å². The molecule has 1 heterocycles. The van der Waals surface area contributed by atoms with Crippen LogP contribution in [0.4, 0.5) is 10.8 Å². The molecular formula is C16H21N3OS. The second kappa shape index (κ2) is 7.78. The number of nitrogens with two attached hydrogens (primary N) is 1. The molecule has 4 nitrogen and oxygen atoms in total. The van der Waals surface area contributed by atoms with E-state index in [1.807, 2.05) is 29.6 Å². The van der Waals surface area contributed by atoms with E-state index >= 15 is 0 Å².